The van der Waals surface area contributed by atoms with Crippen molar-refractivity contribution in [3.8, 4) is 0 Å². The number of likely N-dealkylation sites (N-methyl/N-ethyl adjacent to an activating group) is 1. The van der Waals surface area contributed by atoms with Gasteiger partial charge >= 0.3 is 6.18 Å². The van der Waals surface area contributed by atoms with Gasteiger partial charge in [-0.1, -0.05) is 25.5 Å². The van der Waals surface area contributed by atoms with Crippen LogP contribution in [0.2, 0.25) is 0 Å². The molecule has 3 rings (SSSR count). The lowest BCUT2D eigenvalue weighted by Crippen LogP contribution is -2.43. The number of unbranched alkanes of at least 4 members (excludes halogenated alkanes) is 1. The van der Waals surface area contributed by atoms with Crippen molar-refractivity contribution in [2.24, 2.45) is 0 Å². The number of carbonyl (C=O) groups excluding carboxylic acids is 2. The van der Waals surface area contributed by atoms with Gasteiger partial charge in [0, 0.05) is 31.5 Å². The third kappa shape index (κ3) is 7.00. The molecule has 0 N–H and O–H groups in total. The van der Waals surface area contributed by atoms with Crippen LogP contribution >= 0.6 is 0 Å². The number of rotatable bonds is 11. The molecule has 0 radical (unpaired) electrons. The van der Waals surface area contributed by atoms with Gasteiger partial charge in [-0.05, 0) is 55.3 Å². The summed E-state index contributed by atoms with van der Waals surface area (Å²) in [5, 5.41) is 0. The molecule has 1 aromatic carbocycles. The number of furan rings is 1. The van der Waals surface area contributed by atoms with E-state index in [0.29, 0.717) is 18.7 Å². The number of alkyl halides is 3. The van der Waals surface area contributed by atoms with Gasteiger partial charge in [0.2, 0.25) is 5.91 Å². The fourth-order valence-corrected chi connectivity index (χ4v) is 3.77. The summed E-state index contributed by atoms with van der Waals surface area (Å²) in [5.41, 5.74) is 0.626. The standard InChI is InChI=1S/C26H30F3N3O3/c1-3-5-13-32(24(33)19-30(4-2)25(34)23-12-8-15-35-23)18-22-11-7-14-31(22)17-20-9-6-10-21(16-20)26(27,28)29/h6-12,14-16H,3-5,13,17-19H2,1-2H3. The monoisotopic (exact) mass is 489 g/mol. The van der Waals surface area contributed by atoms with E-state index < -0.39 is 11.7 Å². The van der Waals surface area contributed by atoms with Gasteiger partial charge in [-0.2, -0.15) is 13.2 Å². The van der Waals surface area contributed by atoms with Gasteiger partial charge in [0.25, 0.3) is 5.91 Å². The van der Waals surface area contributed by atoms with Crippen molar-refractivity contribution in [2.45, 2.75) is 46.0 Å². The molecule has 0 saturated heterocycles. The Bertz CT molecular complexity index is 1110. The highest BCUT2D eigenvalue weighted by molar-refractivity contribution is 5.94. The van der Waals surface area contributed by atoms with Crippen LogP contribution in [0, 0.1) is 0 Å². The summed E-state index contributed by atoms with van der Waals surface area (Å²) in [6.45, 7) is 5.13. The first-order chi connectivity index (χ1) is 16.7. The van der Waals surface area contributed by atoms with Gasteiger partial charge in [-0.3, -0.25) is 9.59 Å². The van der Waals surface area contributed by atoms with Crippen molar-refractivity contribution in [1.29, 1.82) is 0 Å². The minimum absolute atomic E-state index is 0.0892. The van der Waals surface area contributed by atoms with E-state index in [4.69, 9.17) is 4.42 Å². The van der Waals surface area contributed by atoms with Crippen LogP contribution in [0.5, 0.6) is 0 Å². The van der Waals surface area contributed by atoms with Crippen LogP contribution in [0.15, 0.2) is 65.4 Å². The maximum atomic E-state index is 13.2. The number of hydrogen-bond acceptors (Lipinski definition) is 3. The molecule has 6 nitrogen and oxygen atoms in total. The van der Waals surface area contributed by atoms with Crippen molar-refractivity contribution < 1.29 is 27.2 Å². The second kappa shape index (κ2) is 11.8. The molecule has 0 atom stereocenters. The Hall–Kier alpha value is -3.49. The van der Waals surface area contributed by atoms with Crippen LogP contribution in [0.25, 0.3) is 0 Å². The highest BCUT2D eigenvalue weighted by Crippen LogP contribution is 2.29. The van der Waals surface area contributed by atoms with Crippen LogP contribution in [0.4, 0.5) is 13.2 Å². The Morgan fingerprint density at radius 3 is 2.49 bits per heavy atom. The number of halogens is 3. The Morgan fingerprint density at radius 2 is 1.83 bits per heavy atom. The highest BCUT2D eigenvalue weighted by atomic mass is 19.4. The van der Waals surface area contributed by atoms with E-state index in [1.807, 2.05) is 23.6 Å². The van der Waals surface area contributed by atoms with E-state index in [1.165, 1.54) is 17.2 Å². The number of amides is 2. The largest absolute Gasteiger partial charge is 0.459 e. The van der Waals surface area contributed by atoms with Gasteiger partial charge in [0.15, 0.2) is 5.76 Å². The van der Waals surface area contributed by atoms with Crippen molar-refractivity contribution in [3.63, 3.8) is 0 Å². The molecule has 9 heteroatoms. The average Bonchev–Trinajstić information content (AvgIpc) is 3.52. The topological polar surface area (TPSA) is 58.7 Å². The molecule has 0 unspecified atom stereocenters. The van der Waals surface area contributed by atoms with E-state index >= 15 is 0 Å². The van der Waals surface area contributed by atoms with Gasteiger partial charge < -0.3 is 18.8 Å². The molecular weight excluding hydrogens is 459 g/mol. The number of benzene rings is 1. The van der Waals surface area contributed by atoms with Gasteiger partial charge in [0.05, 0.1) is 18.4 Å². The molecule has 0 bridgehead atoms. The number of carbonyl (C=O) groups is 2. The van der Waals surface area contributed by atoms with Crippen LogP contribution in [0.3, 0.4) is 0 Å². The minimum atomic E-state index is -4.41. The third-order valence-electron chi connectivity index (χ3n) is 5.74. The minimum Gasteiger partial charge on any atom is -0.459 e. The molecule has 188 valence electrons. The molecule has 35 heavy (non-hydrogen) atoms. The normalized spacial score (nSPS) is 11.5. The first-order valence-electron chi connectivity index (χ1n) is 11.6. The predicted octanol–water partition coefficient (Wildman–Crippen LogP) is 5.44. The number of nitrogens with zero attached hydrogens (tertiary/aromatic N) is 3. The van der Waals surface area contributed by atoms with Crippen molar-refractivity contribution >= 4 is 11.8 Å². The summed E-state index contributed by atoms with van der Waals surface area (Å²) in [6.07, 6.45) is 0.471. The predicted molar refractivity (Wildman–Crippen MR) is 126 cm³/mol. The molecule has 0 aliphatic heterocycles. The average molecular weight is 490 g/mol. The quantitative estimate of drug-likeness (QED) is 0.360. The fourth-order valence-electron chi connectivity index (χ4n) is 3.77. The first-order valence-corrected chi connectivity index (χ1v) is 11.6. The van der Waals surface area contributed by atoms with E-state index in [0.717, 1.165) is 30.7 Å². The van der Waals surface area contributed by atoms with E-state index in [-0.39, 0.29) is 37.2 Å². The lowest BCUT2D eigenvalue weighted by atomic mass is 10.1. The Morgan fingerprint density at radius 1 is 1.03 bits per heavy atom. The molecular formula is C26H30F3N3O3. The molecule has 2 heterocycles. The third-order valence-corrected chi connectivity index (χ3v) is 5.74. The van der Waals surface area contributed by atoms with Crippen molar-refractivity contribution in [1.82, 2.24) is 14.4 Å². The Balaban J connectivity index is 1.74. The molecule has 0 aliphatic carbocycles. The van der Waals surface area contributed by atoms with E-state index in [1.54, 1.807) is 36.2 Å². The Kier molecular flexibility index (Phi) is 8.78. The molecule has 0 fully saturated rings. The summed E-state index contributed by atoms with van der Waals surface area (Å²) < 4.78 is 46.3. The molecule has 2 aromatic heterocycles. The number of hydrogen-bond donors (Lipinski definition) is 0. The molecule has 0 spiro atoms. The van der Waals surface area contributed by atoms with Crippen LogP contribution in [-0.4, -0.2) is 45.8 Å². The lowest BCUT2D eigenvalue weighted by molar-refractivity contribution is -0.137. The zero-order valence-corrected chi connectivity index (χ0v) is 19.9. The fraction of sp³-hybridized carbons (Fsp3) is 0.385. The maximum absolute atomic E-state index is 13.2. The van der Waals surface area contributed by atoms with Gasteiger partial charge in [-0.15, -0.1) is 0 Å². The summed E-state index contributed by atoms with van der Waals surface area (Å²) >= 11 is 0. The van der Waals surface area contributed by atoms with Gasteiger partial charge in [0.1, 0.15) is 6.54 Å². The molecule has 3 aromatic rings. The molecule has 0 aliphatic rings. The second-order valence-electron chi connectivity index (χ2n) is 8.29. The smallest absolute Gasteiger partial charge is 0.416 e. The second-order valence-corrected chi connectivity index (χ2v) is 8.29. The van der Waals surface area contributed by atoms with Crippen molar-refractivity contribution in [3.05, 3.63) is 83.6 Å². The molecule has 2 amide bonds. The summed E-state index contributed by atoms with van der Waals surface area (Å²) in [6, 6.07) is 12.1. The van der Waals surface area contributed by atoms with E-state index in [9.17, 15) is 22.8 Å². The summed E-state index contributed by atoms with van der Waals surface area (Å²) in [4.78, 5) is 29.0. The van der Waals surface area contributed by atoms with Crippen molar-refractivity contribution in [2.75, 3.05) is 19.6 Å². The zero-order valence-electron chi connectivity index (χ0n) is 19.9. The zero-order chi connectivity index (χ0) is 25.4. The van der Waals surface area contributed by atoms with E-state index in [2.05, 4.69) is 0 Å². The van der Waals surface area contributed by atoms with Gasteiger partial charge in [-0.25, -0.2) is 0 Å². The van der Waals surface area contributed by atoms with Crippen LogP contribution in [-0.2, 0) is 24.1 Å². The summed E-state index contributed by atoms with van der Waals surface area (Å²) in [5.74, 6) is -0.379. The highest BCUT2D eigenvalue weighted by Gasteiger charge is 2.30. The van der Waals surface area contributed by atoms with Crippen LogP contribution in [0.1, 0.15) is 54.1 Å². The first kappa shape index (κ1) is 26.1. The molecule has 0 saturated carbocycles. The lowest BCUT2D eigenvalue weighted by Gasteiger charge is -2.27. The summed E-state index contributed by atoms with van der Waals surface area (Å²) in [7, 11) is 0. The maximum Gasteiger partial charge on any atom is 0.416 e. The van der Waals surface area contributed by atoms with Crippen LogP contribution < -0.4 is 0 Å². The number of aromatic nitrogens is 1. The SMILES string of the molecule is CCCCN(Cc1cccn1Cc1cccc(C(F)(F)F)c1)C(=O)CN(CC)C(=O)c1ccco1. The Labute approximate surface area is 202 Å².